The molecule has 2 aliphatic rings. The molecule has 154 valence electrons. The van der Waals surface area contributed by atoms with Crippen LogP contribution in [0.4, 0.5) is 8.78 Å². The van der Waals surface area contributed by atoms with Crippen LogP contribution in [0.1, 0.15) is 45.0 Å². The zero-order valence-electron chi connectivity index (χ0n) is 16.6. The molecule has 1 aliphatic carbocycles. The van der Waals surface area contributed by atoms with Gasteiger partial charge < -0.3 is 9.73 Å². The van der Waals surface area contributed by atoms with Crippen molar-refractivity contribution in [2.24, 2.45) is 5.92 Å². The Morgan fingerprint density at radius 1 is 1.10 bits per heavy atom. The van der Waals surface area contributed by atoms with Crippen molar-refractivity contribution in [3.8, 4) is 0 Å². The Morgan fingerprint density at radius 3 is 2.63 bits per heavy atom. The van der Waals surface area contributed by atoms with Crippen molar-refractivity contribution in [2.75, 3.05) is 13.1 Å². The van der Waals surface area contributed by atoms with E-state index in [2.05, 4.69) is 22.3 Å². The minimum Gasteiger partial charge on any atom is -0.456 e. The molecule has 0 spiro atoms. The molecule has 0 unspecified atom stereocenters. The number of amides is 1. The van der Waals surface area contributed by atoms with Crippen LogP contribution in [0.25, 0.3) is 0 Å². The molecule has 1 N–H and O–H groups in total. The van der Waals surface area contributed by atoms with E-state index < -0.39 is 11.6 Å². The average Bonchev–Trinajstić information content (AvgIpc) is 3.40. The average molecular weight is 408 g/mol. The highest BCUT2D eigenvalue weighted by molar-refractivity contribution is 5.92. The Morgan fingerprint density at radius 2 is 1.90 bits per heavy atom. The lowest BCUT2D eigenvalue weighted by atomic mass is 9.94. The summed E-state index contributed by atoms with van der Waals surface area (Å²) < 4.78 is 32.8. The Bertz CT molecular complexity index is 1110. The summed E-state index contributed by atoms with van der Waals surface area (Å²) in [7, 11) is 0. The maximum absolute atomic E-state index is 14.1. The van der Waals surface area contributed by atoms with Crippen molar-refractivity contribution in [2.45, 2.75) is 25.4 Å². The van der Waals surface area contributed by atoms with Crippen molar-refractivity contribution in [1.82, 2.24) is 10.2 Å². The molecule has 4 nitrogen and oxygen atoms in total. The van der Waals surface area contributed by atoms with Gasteiger partial charge in [0.15, 0.2) is 5.76 Å². The molecular formula is C24H22F2N2O2. The molecule has 0 radical (unpaired) electrons. The van der Waals surface area contributed by atoms with E-state index >= 15 is 0 Å². The van der Waals surface area contributed by atoms with Gasteiger partial charge in [0.2, 0.25) is 0 Å². The molecule has 2 aromatic carbocycles. The first-order chi connectivity index (χ1) is 14.5. The van der Waals surface area contributed by atoms with E-state index in [0.29, 0.717) is 23.6 Å². The van der Waals surface area contributed by atoms with Crippen molar-refractivity contribution >= 4 is 5.91 Å². The summed E-state index contributed by atoms with van der Waals surface area (Å²) >= 11 is 0. The van der Waals surface area contributed by atoms with Crippen LogP contribution >= 0.6 is 0 Å². The number of aryl methyl sites for hydroxylation is 1. The maximum atomic E-state index is 14.1. The SMILES string of the molecule is Cc1ccc(C(=O)N[C@@H]2c3ccccc3[C@@H]3CN(Cc4ccc(F)cc4F)C[C@H]23)o1. The third-order valence-corrected chi connectivity index (χ3v) is 6.26. The molecule has 5 rings (SSSR count). The number of carbonyl (C=O) groups is 1. The number of hydrogen-bond donors (Lipinski definition) is 1. The molecule has 0 saturated carbocycles. The molecule has 6 heteroatoms. The zero-order valence-corrected chi connectivity index (χ0v) is 16.6. The fraction of sp³-hybridized carbons (Fsp3) is 0.292. The lowest BCUT2D eigenvalue weighted by molar-refractivity contribution is 0.0894. The molecule has 2 heterocycles. The highest BCUT2D eigenvalue weighted by Gasteiger charge is 2.46. The number of likely N-dealkylation sites (tertiary alicyclic amines) is 1. The molecule has 3 atom stereocenters. The van der Waals surface area contributed by atoms with Crippen LogP contribution in [0.15, 0.2) is 59.0 Å². The molecule has 1 saturated heterocycles. The van der Waals surface area contributed by atoms with Crippen LogP contribution in [0.3, 0.4) is 0 Å². The predicted octanol–water partition coefficient (Wildman–Crippen LogP) is 4.57. The second-order valence-corrected chi connectivity index (χ2v) is 8.19. The number of halogens is 2. The zero-order chi connectivity index (χ0) is 20.8. The predicted molar refractivity (Wildman–Crippen MR) is 108 cm³/mol. The first-order valence-corrected chi connectivity index (χ1v) is 10.1. The Balaban J connectivity index is 1.38. The van der Waals surface area contributed by atoms with E-state index in [1.165, 1.54) is 17.7 Å². The number of nitrogens with one attached hydrogen (secondary N) is 1. The second kappa shape index (κ2) is 7.36. The van der Waals surface area contributed by atoms with Gasteiger partial charge in [-0.2, -0.15) is 0 Å². The number of rotatable bonds is 4. The lowest BCUT2D eigenvalue weighted by Crippen LogP contribution is -2.33. The van der Waals surface area contributed by atoms with Gasteiger partial charge in [0.1, 0.15) is 17.4 Å². The smallest absolute Gasteiger partial charge is 0.287 e. The van der Waals surface area contributed by atoms with Crippen LogP contribution < -0.4 is 5.32 Å². The molecule has 1 aromatic heterocycles. The fourth-order valence-corrected chi connectivity index (χ4v) is 4.92. The van der Waals surface area contributed by atoms with Gasteiger partial charge in [0.25, 0.3) is 5.91 Å². The van der Waals surface area contributed by atoms with E-state index in [0.717, 1.165) is 24.7 Å². The van der Waals surface area contributed by atoms with Gasteiger partial charge in [-0.1, -0.05) is 30.3 Å². The minimum absolute atomic E-state index is 0.132. The van der Waals surface area contributed by atoms with Crippen LogP contribution in [0.2, 0.25) is 0 Å². The third-order valence-electron chi connectivity index (χ3n) is 6.26. The van der Waals surface area contributed by atoms with Crippen LogP contribution in [-0.4, -0.2) is 23.9 Å². The Hall–Kier alpha value is -2.99. The lowest BCUT2D eigenvalue weighted by Gasteiger charge is -2.22. The number of carbonyl (C=O) groups excluding carboxylic acids is 1. The molecule has 1 fully saturated rings. The minimum atomic E-state index is -0.570. The number of furan rings is 1. The quantitative estimate of drug-likeness (QED) is 0.688. The van der Waals surface area contributed by atoms with Gasteiger partial charge in [-0.3, -0.25) is 9.69 Å². The van der Waals surface area contributed by atoms with Crippen molar-refractivity contribution in [3.63, 3.8) is 0 Å². The Kier molecular flexibility index (Phi) is 4.66. The van der Waals surface area contributed by atoms with Gasteiger partial charge >= 0.3 is 0 Å². The van der Waals surface area contributed by atoms with E-state index in [-0.39, 0.29) is 23.8 Å². The molecule has 3 aromatic rings. The first-order valence-electron chi connectivity index (χ1n) is 10.1. The highest BCUT2D eigenvalue weighted by Crippen LogP contribution is 2.49. The number of fused-ring (bicyclic) bond motifs is 3. The van der Waals surface area contributed by atoms with Crippen molar-refractivity contribution in [3.05, 3.63) is 94.4 Å². The first kappa shape index (κ1) is 19.0. The summed E-state index contributed by atoms with van der Waals surface area (Å²) in [6.07, 6.45) is 0. The number of nitrogens with zero attached hydrogens (tertiary/aromatic N) is 1. The summed E-state index contributed by atoms with van der Waals surface area (Å²) in [6.45, 7) is 3.71. The van der Waals surface area contributed by atoms with Crippen LogP contribution in [0, 0.1) is 24.5 Å². The van der Waals surface area contributed by atoms with Gasteiger partial charge in [-0.25, -0.2) is 8.78 Å². The summed E-state index contributed by atoms with van der Waals surface area (Å²) in [5.41, 5.74) is 2.85. The largest absolute Gasteiger partial charge is 0.456 e. The van der Waals surface area contributed by atoms with E-state index in [1.54, 1.807) is 19.1 Å². The summed E-state index contributed by atoms with van der Waals surface area (Å²) in [6, 6.07) is 15.2. The van der Waals surface area contributed by atoms with Gasteiger partial charge in [-0.05, 0) is 36.2 Å². The topological polar surface area (TPSA) is 45.5 Å². The third kappa shape index (κ3) is 3.31. The molecule has 1 amide bonds. The van der Waals surface area contributed by atoms with E-state index in [9.17, 15) is 13.6 Å². The van der Waals surface area contributed by atoms with Gasteiger partial charge in [-0.15, -0.1) is 0 Å². The van der Waals surface area contributed by atoms with Crippen molar-refractivity contribution < 1.29 is 18.0 Å². The maximum Gasteiger partial charge on any atom is 0.287 e. The fourth-order valence-electron chi connectivity index (χ4n) is 4.92. The number of hydrogen-bond acceptors (Lipinski definition) is 3. The molecule has 1 aliphatic heterocycles. The van der Waals surface area contributed by atoms with Crippen LogP contribution in [-0.2, 0) is 6.54 Å². The van der Waals surface area contributed by atoms with Crippen LogP contribution in [0.5, 0.6) is 0 Å². The number of benzene rings is 2. The molecule has 30 heavy (non-hydrogen) atoms. The van der Waals surface area contributed by atoms with Crippen molar-refractivity contribution in [1.29, 1.82) is 0 Å². The van der Waals surface area contributed by atoms with E-state index in [1.807, 2.05) is 12.1 Å². The monoisotopic (exact) mass is 408 g/mol. The van der Waals surface area contributed by atoms with Gasteiger partial charge in [0, 0.05) is 43.1 Å². The van der Waals surface area contributed by atoms with E-state index in [4.69, 9.17) is 4.42 Å². The molecule has 0 bridgehead atoms. The van der Waals surface area contributed by atoms with Gasteiger partial charge in [0.05, 0.1) is 6.04 Å². The highest BCUT2D eigenvalue weighted by atomic mass is 19.1. The summed E-state index contributed by atoms with van der Waals surface area (Å²) in [4.78, 5) is 14.9. The standard InChI is InChI=1S/C24H22F2N2O2/c1-14-6-9-22(30-14)24(29)27-23-18-5-3-2-4-17(18)19-12-28(13-20(19)23)11-15-7-8-16(25)10-21(15)26/h2-10,19-20,23H,11-13H2,1H3,(H,27,29)/t19-,20-,23+/m0/s1. The Labute approximate surface area is 173 Å². The summed E-state index contributed by atoms with van der Waals surface area (Å²) in [5.74, 6) is 0.116. The normalized spacial score (nSPS) is 22.7. The summed E-state index contributed by atoms with van der Waals surface area (Å²) in [5, 5.41) is 3.16. The molecular weight excluding hydrogens is 386 g/mol. The second-order valence-electron chi connectivity index (χ2n) is 8.19.